The van der Waals surface area contributed by atoms with Gasteiger partial charge >= 0.3 is 5.97 Å². The summed E-state index contributed by atoms with van der Waals surface area (Å²) in [7, 11) is 0. The Bertz CT molecular complexity index is 425. The van der Waals surface area contributed by atoms with E-state index in [1.54, 1.807) is 0 Å². The fraction of sp³-hybridized carbons (Fsp3) is 0.588. The fourth-order valence-corrected chi connectivity index (χ4v) is 2.44. The van der Waals surface area contributed by atoms with Crippen LogP contribution in [0.2, 0.25) is 0 Å². The van der Waals surface area contributed by atoms with Crippen molar-refractivity contribution in [3.63, 3.8) is 0 Å². The second-order valence-corrected chi connectivity index (χ2v) is 5.58. The number of nitrogens with two attached hydrogens (primary N) is 1. The topological polar surface area (TPSA) is 52.3 Å². The molecule has 0 radical (unpaired) electrons. The molecule has 0 saturated heterocycles. The summed E-state index contributed by atoms with van der Waals surface area (Å²) in [5.41, 5.74) is 7.74. The molecular formula is C17H27NO2. The maximum atomic E-state index is 12.4. The number of carbonyl (C=O) groups excluding carboxylic acids is 1. The Hall–Kier alpha value is -1.35. The molecule has 2 N–H and O–H groups in total. The van der Waals surface area contributed by atoms with Gasteiger partial charge in [-0.15, -0.1) is 0 Å². The van der Waals surface area contributed by atoms with Crippen LogP contribution < -0.4 is 5.73 Å². The SMILES string of the molecule is CCOC(=O)C(CN)(Cc1ccc(CC)cc1)C(C)C. The molecule has 1 rings (SSSR count). The molecule has 3 heteroatoms. The van der Waals surface area contributed by atoms with Crippen LogP contribution in [0, 0.1) is 11.3 Å². The van der Waals surface area contributed by atoms with Gasteiger partial charge in [0.2, 0.25) is 0 Å². The largest absolute Gasteiger partial charge is 0.466 e. The highest BCUT2D eigenvalue weighted by molar-refractivity contribution is 5.78. The Morgan fingerprint density at radius 3 is 2.15 bits per heavy atom. The van der Waals surface area contributed by atoms with Crippen LogP contribution in [0.15, 0.2) is 24.3 Å². The number of hydrogen-bond donors (Lipinski definition) is 1. The van der Waals surface area contributed by atoms with Gasteiger partial charge in [-0.3, -0.25) is 4.79 Å². The number of esters is 1. The van der Waals surface area contributed by atoms with Gasteiger partial charge in [-0.25, -0.2) is 0 Å². The summed E-state index contributed by atoms with van der Waals surface area (Å²) >= 11 is 0. The lowest BCUT2D eigenvalue weighted by Crippen LogP contribution is -2.46. The lowest BCUT2D eigenvalue weighted by atomic mass is 9.72. The van der Waals surface area contributed by atoms with Crippen molar-refractivity contribution in [1.29, 1.82) is 0 Å². The highest BCUT2D eigenvalue weighted by Gasteiger charge is 2.41. The minimum Gasteiger partial charge on any atom is -0.466 e. The lowest BCUT2D eigenvalue weighted by Gasteiger charge is -2.34. The van der Waals surface area contributed by atoms with Crippen molar-refractivity contribution in [3.8, 4) is 0 Å². The molecule has 1 aromatic rings. The molecule has 0 spiro atoms. The number of aryl methyl sites for hydroxylation is 1. The lowest BCUT2D eigenvalue weighted by molar-refractivity contribution is -0.157. The Kier molecular flexibility index (Phi) is 6.21. The zero-order valence-corrected chi connectivity index (χ0v) is 13.1. The van der Waals surface area contributed by atoms with Crippen LogP contribution in [0.3, 0.4) is 0 Å². The summed E-state index contributed by atoms with van der Waals surface area (Å²) in [6.07, 6.45) is 1.65. The Balaban J connectivity index is 3.01. The molecule has 0 aliphatic rings. The zero-order valence-electron chi connectivity index (χ0n) is 13.1. The van der Waals surface area contributed by atoms with Crippen LogP contribution >= 0.6 is 0 Å². The van der Waals surface area contributed by atoms with E-state index in [1.807, 2.05) is 20.8 Å². The maximum absolute atomic E-state index is 12.4. The smallest absolute Gasteiger partial charge is 0.313 e. The first kappa shape index (κ1) is 16.7. The number of carbonyl (C=O) groups is 1. The number of hydrogen-bond acceptors (Lipinski definition) is 3. The molecule has 0 saturated carbocycles. The van der Waals surface area contributed by atoms with Crippen LogP contribution in [0.4, 0.5) is 0 Å². The van der Waals surface area contributed by atoms with Gasteiger partial charge < -0.3 is 10.5 Å². The summed E-state index contributed by atoms with van der Waals surface area (Å²) in [5, 5.41) is 0. The van der Waals surface area contributed by atoms with Crippen LogP contribution in [0.1, 0.15) is 38.8 Å². The molecule has 1 atom stereocenters. The molecule has 1 unspecified atom stereocenters. The minimum atomic E-state index is -0.635. The second kappa shape index (κ2) is 7.44. The third kappa shape index (κ3) is 3.60. The van der Waals surface area contributed by atoms with Gasteiger partial charge in [-0.1, -0.05) is 45.0 Å². The molecule has 0 fully saturated rings. The first-order valence-corrected chi connectivity index (χ1v) is 7.45. The zero-order chi connectivity index (χ0) is 15.2. The molecule has 0 amide bonds. The Morgan fingerprint density at radius 2 is 1.75 bits per heavy atom. The number of rotatable bonds is 7. The Labute approximate surface area is 122 Å². The molecule has 3 nitrogen and oxygen atoms in total. The molecule has 0 aromatic heterocycles. The molecule has 20 heavy (non-hydrogen) atoms. The molecule has 0 bridgehead atoms. The molecule has 0 aliphatic heterocycles. The van der Waals surface area contributed by atoms with Crippen molar-refractivity contribution in [3.05, 3.63) is 35.4 Å². The van der Waals surface area contributed by atoms with Crippen molar-refractivity contribution in [2.45, 2.75) is 40.5 Å². The first-order chi connectivity index (χ1) is 9.50. The summed E-state index contributed by atoms with van der Waals surface area (Å²) < 4.78 is 5.26. The van der Waals surface area contributed by atoms with E-state index in [2.05, 4.69) is 31.2 Å². The van der Waals surface area contributed by atoms with Crippen LogP contribution in [0.5, 0.6) is 0 Å². The van der Waals surface area contributed by atoms with Gasteiger partial charge in [-0.2, -0.15) is 0 Å². The van der Waals surface area contributed by atoms with E-state index in [1.165, 1.54) is 5.56 Å². The predicted octanol–water partition coefficient (Wildman–Crippen LogP) is 2.96. The molecule has 112 valence electrons. The van der Waals surface area contributed by atoms with Crippen LogP contribution in [0.25, 0.3) is 0 Å². The second-order valence-electron chi connectivity index (χ2n) is 5.58. The van der Waals surface area contributed by atoms with Crippen molar-refractivity contribution in [2.24, 2.45) is 17.1 Å². The van der Waals surface area contributed by atoms with Crippen molar-refractivity contribution >= 4 is 5.97 Å². The van der Waals surface area contributed by atoms with E-state index in [9.17, 15) is 4.79 Å². The molecule has 0 aliphatic carbocycles. The molecule has 1 aromatic carbocycles. The van der Waals surface area contributed by atoms with Gasteiger partial charge in [0.1, 0.15) is 0 Å². The Morgan fingerprint density at radius 1 is 1.20 bits per heavy atom. The number of benzene rings is 1. The number of ether oxygens (including phenoxy) is 1. The first-order valence-electron chi connectivity index (χ1n) is 7.45. The van der Waals surface area contributed by atoms with Crippen molar-refractivity contribution in [1.82, 2.24) is 0 Å². The minimum absolute atomic E-state index is 0.136. The molecular weight excluding hydrogens is 250 g/mol. The highest BCUT2D eigenvalue weighted by atomic mass is 16.5. The van der Waals surface area contributed by atoms with Crippen molar-refractivity contribution in [2.75, 3.05) is 13.2 Å². The van der Waals surface area contributed by atoms with E-state index in [0.29, 0.717) is 19.6 Å². The van der Waals surface area contributed by atoms with Crippen molar-refractivity contribution < 1.29 is 9.53 Å². The highest BCUT2D eigenvalue weighted by Crippen LogP contribution is 2.32. The van der Waals surface area contributed by atoms with E-state index in [0.717, 1.165) is 12.0 Å². The molecule has 0 heterocycles. The quantitative estimate of drug-likeness (QED) is 0.780. The van der Waals surface area contributed by atoms with Gasteiger partial charge in [0, 0.05) is 6.54 Å². The summed E-state index contributed by atoms with van der Waals surface area (Å²) in [5.74, 6) is -0.0468. The standard InChI is InChI=1S/C17H27NO2/c1-5-14-7-9-15(10-8-14)11-17(12-18,13(3)4)16(19)20-6-2/h7-10,13H,5-6,11-12,18H2,1-4H3. The van der Waals surface area contributed by atoms with E-state index in [-0.39, 0.29) is 11.9 Å². The van der Waals surface area contributed by atoms with Crippen LogP contribution in [-0.4, -0.2) is 19.1 Å². The maximum Gasteiger partial charge on any atom is 0.313 e. The van der Waals surface area contributed by atoms with Gasteiger partial charge in [0.05, 0.1) is 12.0 Å². The normalized spacial score (nSPS) is 14.1. The average molecular weight is 277 g/mol. The van der Waals surface area contributed by atoms with Gasteiger partial charge in [-0.05, 0) is 36.8 Å². The van der Waals surface area contributed by atoms with E-state index in [4.69, 9.17) is 10.5 Å². The summed E-state index contributed by atoms with van der Waals surface area (Å²) in [6.45, 7) is 8.72. The third-order valence-corrected chi connectivity index (χ3v) is 4.10. The summed E-state index contributed by atoms with van der Waals surface area (Å²) in [6, 6.07) is 8.40. The third-order valence-electron chi connectivity index (χ3n) is 4.10. The van der Waals surface area contributed by atoms with Gasteiger partial charge in [0.15, 0.2) is 0 Å². The summed E-state index contributed by atoms with van der Waals surface area (Å²) in [4.78, 5) is 12.4. The fourth-order valence-electron chi connectivity index (χ4n) is 2.44. The monoisotopic (exact) mass is 277 g/mol. The van der Waals surface area contributed by atoms with E-state index < -0.39 is 5.41 Å². The average Bonchev–Trinajstić information content (AvgIpc) is 2.45. The van der Waals surface area contributed by atoms with E-state index >= 15 is 0 Å². The predicted molar refractivity (Wildman–Crippen MR) is 82.5 cm³/mol. The van der Waals surface area contributed by atoms with Gasteiger partial charge in [0.25, 0.3) is 0 Å². The van der Waals surface area contributed by atoms with Crippen LogP contribution in [-0.2, 0) is 22.4 Å².